The predicted molar refractivity (Wildman–Crippen MR) is 75.2 cm³/mol. The van der Waals surface area contributed by atoms with Gasteiger partial charge in [0, 0.05) is 5.56 Å². The van der Waals surface area contributed by atoms with Crippen LogP contribution in [0.5, 0.6) is 5.75 Å². The van der Waals surface area contributed by atoms with Gasteiger partial charge < -0.3 is 4.74 Å². The van der Waals surface area contributed by atoms with Crippen molar-refractivity contribution < 1.29 is 9.53 Å². The fourth-order valence-electron chi connectivity index (χ4n) is 1.47. The summed E-state index contributed by atoms with van der Waals surface area (Å²) in [6.45, 7) is 0.00531. The highest BCUT2D eigenvalue weighted by Gasteiger charge is 2.02. The minimum absolute atomic E-state index is 0.00531. The fraction of sp³-hybridized carbons (Fsp3) is 0.0667. The molecular weight excluding hydrogens is 258 g/mol. The van der Waals surface area contributed by atoms with Crippen molar-refractivity contribution in [1.82, 2.24) is 0 Å². The van der Waals surface area contributed by atoms with E-state index in [4.69, 9.17) is 10.00 Å². The van der Waals surface area contributed by atoms with Crippen molar-refractivity contribution in [2.24, 2.45) is 0 Å². The van der Waals surface area contributed by atoms with E-state index in [0.717, 1.165) is 5.56 Å². The molecule has 0 saturated heterocycles. The first-order valence-electron chi connectivity index (χ1n) is 5.64. The lowest BCUT2D eigenvalue weighted by atomic mass is 10.1. The fourth-order valence-corrected chi connectivity index (χ4v) is 2.10. The molecule has 4 heteroatoms. The zero-order valence-electron chi connectivity index (χ0n) is 10.1. The molecule has 2 aromatic rings. The summed E-state index contributed by atoms with van der Waals surface area (Å²) in [7, 11) is 0. The third-order valence-electron chi connectivity index (χ3n) is 2.41. The van der Waals surface area contributed by atoms with Crippen molar-refractivity contribution in [3.63, 3.8) is 0 Å². The molecule has 94 valence electrons. The molecular formula is C15H11NO2S. The van der Waals surface area contributed by atoms with Crippen molar-refractivity contribution in [2.75, 3.05) is 6.61 Å². The summed E-state index contributed by atoms with van der Waals surface area (Å²) in [5.41, 5.74) is 1.61. The monoisotopic (exact) mass is 269 g/mol. The molecule has 0 radical (unpaired) electrons. The van der Waals surface area contributed by atoms with Crippen LogP contribution in [0.3, 0.4) is 0 Å². The van der Waals surface area contributed by atoms with E-state index in [0.29, 0.717) is 11.3 Å². The lowest BCUT2D eigenvalue weighted by Crippen LogP contribution is -1.96. The minimum atomic E-state index is -0.0574. The smallest absolute Gasteiger partial charge is 0.185 e. The number of ketones is 1. The van der Waals surface area contributed by atoms with Gasteiger partial charge in [-0.2, -0.15) is 16.6 Å². The Labute approximate surface area is 115 Å². The number of nitriles is 1. The van der Waals surface area contributed by atoms with E-state index in [1.807, 2.05) is 22.9 Å². The van der Waals surface area contributed by atoms with E-state index in [1.165, 1.54) is 0 Å². The van der Waals surface area contributed by atoms with E-state index >= 15 is 0 Å². The van der Waals surface area contributed by atoms with Gasteiger partial charge in [-0.1, -0.05) is 6.08 Å². The summed E-state index contributed by atoms with van der Waals surface area (Å²) in [4.78, 5) is 11.9. The Bertz CT molecular complexity index is 607. The van der Waals surface area contributed by atoms with Gasteiger partial charge in [0.15, 0.2) is 12.4 Å². The van der Waals surface area contributed by atoms with Gasteiger partial charge in [-0.3, -0.25) is 4.79 Å². The van der Waals surface area contributed by atoms with E-state index < -0.39 is 0 Å². The van der Waals surface area contributed by atoms with Crippen LogP contribution in [-0.2, 0) is 0 Å². The van der Waals surface area contributed by atoms with Gasteiger partial charge in [0.2, 0.25) is 0 Å². The minimum Gasteiger partial charge on any atom is -0.479 e. The quantitative estimate of drug-likeness (QED) is 0.616. The van der Waals surface area contributed by atoms with Gasteiger partial charge in [0.25, 0.3) is 0 Å². The molecule has 0 aliphatic rings. The number of carbonyl (C=O) groups is 1. The average molecular weight is 269 g/mol. The Balaban J connectivity index is 2.02. The molecule has 19 heavy (non-hydrogen) atoms. The number of hydrogen-bond acceptors (Lipinski definition) is 4. The second-order valence-corrected chi connectivity index (χ2v) is 4.51. The average Bonchev–Trinajstić information content (AvgIpc) is 2.96. The van der Waals surface area contributed by atoms with Crippen LogP contribution in [0.25, 0.3) is 6.08 Å². The van der Waals surface area contributed by atoms with E-state index in [9.17, 15) is 4.79 Å². The van der Waals surface area contributed by atoms with Crippen molar-refractivity contribution in [1.29, 1.82) is 5.26 Å². The van der Waals surface area contributed by atoms with Crippen LogP contribution < -0.4 is 4.74 Å². The summed E-state index contributed by atoms with van der Waals surface area (Å²) in [6.07, 6.45) is 3.34. The zero-order chi connectivity index (χ0) is 13.5. The molecule has 0 atom stereocenters. The van der Waals surface area contributed by atoms with E-state index in [2.05, 4.69) is 0 Å². The van der Waals surface area contributed by atoms with Crippen molar-refractivity contribution in [2.45, 2.75) is 0 Å². The highest BCUT2D eigenvalue weighted by Crippen LogP contribution is 2.14. The Morgan fingerprint density at radius 3 is 2.74 bits per heavy atom. The number of benzene rings is 1. The molecule has 0 amide bonds. The highest BCUT2D eigenvalue weighted by atomic mass is 32.1. The number of nitrogens with zero attached hydrogens (tertiary/aromatic N) is 1. The predicted octanol–water partition coefficient (Wildman–Crippen LogP) is 3.55. The van der Waals surface area contributed by atoms with Crippen LogP contribution in [0, 0.1) is 11.3 Å². The highest BCUT2D eigenvalue weighted by molar-refractivity contribution is 7.08. The number of thiophene rings is 1. The Hall–Kier alpha value is -2.38. The maximum absolute atomic E-state index is 11.9. The van der Waals surface area contributed by atoms with Crippen LogP contribution in [0.2, 0.25) is 0 Å². The van der Waals surface area contributed by atoms with Crippen LogP contribution >= 0.6 is 11.3 Å². The number of allylic oxidation sites excluding steroid dienone is 1. The topological polar surface area (TPSA) is 50.1 Å². The van der Waals surface area contributed by atoms with Gasteiger partial charge in [0.05, 0.1) is 0 Å². The number of ether oxygens (including phenoxy) is 1. The van der Waals surface area contributed by atoms with Crippen LogP contribution in [-0.4, -0.2) is 12.4 Å². The summed E-state index contributed by atoms with van der Waals surface area (Å²) < 4.78 is 5.12. The number of hydrogen-bond donors (Lipinski definition) is 0. The Morgan fingerprint density at radius 2 is 2.11 bits per heavy atom. The standard InChI is InChI=1S/C15H11NO2S/c16-8-9-18-14-4-2-13(3-5-14)15(17)6-1-12-7-10-19-11-12/h1-7,10-11H,9H2/b6-1+. The van der Waals surface area contributed by atoms with Crippen molar-refractivity contribution >= 4 is 23.2 Å². The van der Waals surface area contributed by atoms with Crippen LogP contribution in [0.1, 0.15) is 15.9 Å². The van der Waals surface area contributed by atoms with Gasteiger partial charge in [-0.05, 0) is 52.7 Å². The van der Waals surface area contributed by atoms with Crippen LogP contribution in [0.15, 0.2) is 47.2 Å². The van der Waals surface area contributed by atoms with Gasteiger partial charge >= 0.3 is 0 Å². The van der Waals surface area contributed by atoms with Gasteiger partial charge in [0.1, 0.15) is 11.8 Å². The van der Waals surface area contributed by atoms with Gasteiger partial charge in [-0.15, -0.1) is 0 Å². The lowest BCUT2D eigenvalue weighted by Gasteiger charge is -2.01. The SMILES string of the molecule is N#CCOc1ccc(C(=O)/C=C/c2ccsc2)cc1. The normalized spacial score (nSPS) is 10.3. The third kappa shape index (κ3) is 3.80. The third-order valence-corrected chi connectivity index (χ3v) is 3.11. The second kappa shape index (κ2) is 6.53. The molecule has 1 aromatic heterocycles. The van der Waals surface area contributed by atoms with Crippen LogP contribution in [0.4, 0.5) is 0 Å². The van der Waals surface area contributed by atoms with Crippen molar-refractivity contribution in [3.05, 3.63) is 58.3 Å². The molecule has 0 fully saturated rings. The first-order valence-corrected chi connectivity index (χ1v) is 6.58. The molecule has 0 saturated carbocycles. The summed E-state index contributed by atoms with van der Waals surface area (Å²) in [5, 5.41) is 12.3. The number of carbonyl (C=O) groups excluding carboxylic acids is 1. The zero-order valence-corrected chi connectivity index (χ0v) is 10.9. The maximum atomic E-state index is 11.9. The van der Waals surface area contributed by atoms with Gasteiger partial charge in [-0.25, -0.2) is 0 Å². The van der Waals surface area contributed by atoms with E-state index in [1.54, 1.807) is 47.8 Å². The number of rotatable bonds is 5. The molecule has 2 rings (SSSR count). The summed E-state index contributed by atoms with van der Waals surface area (Å²) in [6, 6.07) is 10.6. The molecule has 0 aliphatic carbocycles. The summed E-state index contributed by atoms with van der Waals surface area (Å²) in [5.74, 6) is 0.526. The first-order chi connectivity index (χ1) is 9.29. The molecule has 0 unspecified atom stereocenters. The van der Waals surface area contributed by atoms with Crippen molar-refractivity contribution in [3.8, 4) is 11.8 Å². The first kappa shape index (κ1) is 13.1. The molecule has 1 heterocycles. The largest absolute Gasteiger partial charge is 0.479 e. The maximum Gasteiger partial charge on any atom is 0.185 e. The molecule has 0 N–H and O–H groups in total. The lowest BCUT2D eigenvalue weighted by molar-refractivity contribution is 0.104. The second-order valence-electron chi connectivity index (χ2n) is 3.73. The molecule has 0 spiro atoms. The molecule has 0 aliphatic heterocycles. The molecule has 1 aromatic carbocycles. The molecule has 0 bridgehead atoms. The van der Waals surface area contributed by atoms with E-state index in [-0.39, 0.29) is 12.4 Å². The molecule has 3 nitrogen and oxygen atoms in total. The summed E-state index contributed by atoms with van der Waals surface area (Å²) >= 11 is 1.59. The Morgan fingerprint density at radius 1 is 1.32 bits per heavy atom. The Kier molecular flexibility index (Phi) is 4.49.